The number of carbonyl (C=O) groups is 2. The number of anilines is 1. The van der Waals surface area contributed by atoms with E-state index in [9.17, 15) is 9.59 Å². The molecule has 0 aliphatic carbocycles. The summed E-state index contributed by atoms with van der Waals surface area (Å²) >= 11 is 0. The molecule has 200 valence electrons. The van der Waals surface area contributed by atoms with Crippen molar-refractivity contribution in [3.63, 3.8) is 0 Å². The van der Waals surface area contributed by atoms with Crippen molar-refractivity contribution in [1.82, 2.24) is 4.67 Å². The van der Waals surface area contributed by atoms with E-state index < -0.39 is 12.4 Å². The number of rotatable bonds is 6. The summed E-state index contributed by atoms with van der Waals surface area (Å²) in [6.45, 7) is 3.75. The molecule has 0 spiro atoms. The van der Waals surface area contributed by atoms with Gasteiger partial charge in [-0.3, -0.25) is 0 Å². The molecule has 0 fully saturated rings. The molecule has 4 aromatic rings. The van der Waals surface area contributed by atoms with Gasteiger partial charge >= 0.3 is 236 Å². The van der Waals surface area contributed by atoms with Crippen molar-refractivity contribution in [3.8, 4) is 0 Å². The summed E-state index contributed by atoms with van der Waals surface area (Å²) < 4.78 is 4.40. The first-order chi connectivity index (χ1) is 19.2. The molecule has 40 heavy (non-hydrogen) atoms. The summed E-state index contributed by atoms with van der Waals surface area (Å²) in [5.41, 5.74) is 3.05. The molecule has 4 aromatic carbocycles. The second-order valence-corrected chi connectivity index (χ2v) is 16.2. The fourth-order valence-electron chi connectivity index (χ4n) is 6.86. The standard InChI is InChI=1S/C34H32N3O2P/c1-25(38)31-32(26(2)39)40(3,4)36(34(31,28-19-11-6-12-20-28)29-21-13-7-14-22-29)33(27-17-9-5-10-18-27)35-37(40)30-23-15-8-16-24-30/h5-24H,1-4H3. The van der Waals surface area contributed by atoms with Crippen molar-refractivity contribution < 1.29 is 9.59 Å². The van der Waals surface area contributed by atoms with Crippen molar-refractivity contribution in [2.45, 2.75) is 19.4 Å². The quantitative estimate of drug-likeness (QED) is 0.241. The van der Waals surface area contributed by atoms with Gasteiger partial charge in [-0.05, 0) is 0 Å². The summed E-state index contributed by atoms with van der Waals surface area (Å²) in [6, 6.07) is 40.2. The molecular weight excluding hydrogens is 513 g/mol. The van der Waals surface area contributed by atoms with Gasteiger partial charge in [0, 0.05) is 0 Å². The Morgan fingerprint density at radius 3 is 1.55 bits per heavy atom. The van der Waals surface area contributed by atoms with Gasteiger partial charge in [-0.2, -0.15) is 0 Å². The van der Waals surface area contributed by atoms with Crippen LogP contribution in [0, 0.1) is 0 Å². The Morgan fingerprint density at radius 2 is 1.10 bits per heavy atom. The molecule has 5 nitrogen and oxygen atoms in total. The molecule has 0 atom stereocenters. The fraction of sp³-hybridized carbons (Fsp3) is 0.147. The normalized spacial score (nSPS) is 19.4. The molecule has 0 radical (unpaired) electrons. The number of nitrogens with zero attached hydrogens (tertiary/aromatic N) is 3. The molecule has 6 heteroatoms. The Kier molecular flexibility index (Phi) is 5.90. The topological polar surface area (TPSA) is 53.0 Å². The second kappa shape index (κ2) is 9.11. The maximum absolute atomic E-state index is 14.1. The predicted octanol–water partition coefficient (Wildman–Crippen LogP) is 7.20. The zero-order valence-corrected chi connectivity index (χ0v) is 24.0. The van der Waals surface area contributed by atoms with E-state index in [2.05, 4.69) is 47.0 Å². The Hall–Kier alpha value is -4.34. The monoisotopic (exact) mass is 545 g/mol. The third-order valence-corrected chi connectivity index (χ3v) is 13.1. The number of hydrogen-bond donors (Lipinski definition) is 0. The zero-order valence-electron chi connectivity index (χ0n) is 23.2. The molecule has 0 saturated carbocycles. The number of benzene rings is 4. The van der Waals surface area contributed by atoms with Gasteiger partial charge in [-0.25, -0.2) is 0 Å². The third kappa shape index (κ3) is 3.34. The average Bonchev–Trinajstić information content (AvgIpc) is 3.35. The molecule has 0 N–H and O–H groups in total. The number of hydrogen-bond acceptors (Lipinski definition) is 5. The van der Waals surface area contributed by atoms with Gasteiger partial charge in [0.25, 0.3) is 0 Å². The number of para-hydroxylation sites is 1. The van der Waals surface area contributed by atoms with E-state index in [4.69, 9.17) is 5.10 Å². The first-order valence-corrected chi connectivity index (χ1v) is 16.4. The van der Waals surface area contributed by atoms with E-state index in [0.717, 1.165) is 28.2 Å². The van der Waals surface area contributed by atoms with Crippen molar-refractivity contribution in [2.75, 3.05) is 18.1 Å². The summed E-state index contributed by atoms with van der Waals surface area (Å²) in [4.78, 5) is 28.1. The third-order valence-electron chi connectivity index (χ3n) is 8.19. The molecule has 0 unspecified atom stereocenters. The van der Waals surface area contributed by atoms with Crippen molar-refractivity contribution >= 4 is 30.0 Å². The van der Waals surface area contributed by atoms with Crippen LogP contribution in [0.25, 0.3) is 0 Å². The van der Waals surface area contributed by atoms with E-state index in [-0.39, 0.29) is 11.6 Å². The summed E-state index contributed by atoms with van der Waals surface area (Å²) in [5, 5.41) is 5.93. The Morgan fingerprint density at radius 1 is 0.650 bits per heavy atom. The van der Waals surface area contributed by atoms with Crippen molar-refractivity contribution in [1.29, 1.82) is 0 Å². The van der Waals surface area contributed by atoms with Gasteiger partial charge in [0.1, 0.15) is 0 Å². The van der Waals surface area contributed by atoms with E-state index in [1.807, 2.05) is 97.1 Å². The fourth-order valence-corrected chi connectivity index (χ4v) is 12.4. The van der Waals surface area contributed by atoms with Gasteiger partial charge < -0.3 is 0 Å². The molecule has 2 aliphatic rings. The minimum atomic E-state index is -3.75. The predicted molar refractivity (Wildman–Crippen MR) is 165 cm³/mol. The molecule has 2 heterocycles. The van der Waals surface area contributed by atoms with Crippen LogP contribution in [0.15, 0.2) is 137 Å². The van der Waals surface area contributed by atoms with E-state index in [0.29, 0.717) is 10.9 Å². The molecule has 0 saturated heterocycles. The average molecular weight is 546 g/mol. The molecule has 2 aliphatic heterocycles. The van der Waals surface area contributed by atoms with Crippen LogP contribution in [0.4, 0.5) is 5.69 Å². The Labute approximate surface area is 235 Å². The van der Waals surface area contributed by atoms with E-state index in [1.54, 1.807) is 13.8 Å². The van der Waals surface area contributed by atoms with Gasteiger partial charge in [0.2, 0.25) is 0 Å². The number of allylic oxidation sites excluding steroid dienone is 1. The summed E-state index contributed by atoms with van der Waals surface area (Å²) in [7, 11) is 0. The molecule has 0 bridgehead atoms. The van der Waals surface area contributed by atoms with Crippen LogP contribution in [-0.4, -0.2) is 35.4 Å². The minimum absolute atomic E-state index is 0.114. The zero-order chi connectivity index (χ0) is 28.1. The maximum atomic E-state index is 14.1. The van der Waals surface area contributed by atoms with Gasteiger partial charge in [-0.15, -0.1) is 0 Å². The Bertz CT molecular complexity index is 1640. The first-order valence-electron chi connectivity index (χ1n) is 13.4. The van der Waals surface area contributed by atoms with E-state index in [1.165, 1.54) is 0 Å². The summed E-state index contributed by atoms with van der Waals surface area (Å²) in [6.07, 6.45) is 0. The van der Waals surface area contributed by atoms with Crippen LogP contribution in [0.3, 0.4) is 0 Å². The van der Waals surface area contributed by atoms with Gasteiger partial charge in [0.15, 0.2) is 0 Å². The number of hydrazone groups is 1. The van der Waals surface area contributed by atoms with Gasteiger partial charge in [0.05, 0.1) is 0 Å². The molecule has 0 aromatic heterocycles. The van der Waals surface area contributed by atoms with Crippen LogP contribution < -0.4 is 4.78 Å². The number of amidine groups is 1. The SMILES string of the molecule is CC(=O)C1=C(C(C)=O)P2(C)(C)N(c3ccccc3)N=C(c3ccccc3)N2C1(c1ccccc1)c1ccccc1. The second-order valence-electron chi connectivity index (χ2n) is 11.0. The molecular formula is C34H32N3O2P. The van der Waals surface area contributed by atoms with Crippen molar-refractivity contribution in [3.05, 3.63) is 149 Å². The van der Waals surface area contributed by atoms with Crippen LogP contribution in [0.2, 0.25) is 0 Å². The number of ketones is 2. The van der Waals surface area contributed by atoms with Crippen molar-refractivity contribution in [2.24, 2.45) is 5.10 Å². The van der Waals surface area contributed by atoms with Crippen LogP contribution >= 0.6 is 6.90 Å². The van der Waals surface area contributed by atoms with Crippen LogP contribution in [0.1, 0.15) is 30.5 Å². The number of carbonyl (C=O) groups excluding carboxylic acids is 2. The van der Waals surface area contributed by atoms with Crippen LogP contribution in [-0.2, 0) is 15.1 Å². The number of fused-ring (bicyclic) bond motifs is 1. The molecule has 6 rings (SSSR count). The summed E-state index contributed by atoms with van der Waals surface area (Å²) in [5.74, 6) is 0.493. The Balaban J connectivity index is 1.85. The molecule has 0 amide bonds. The van der Waals surface area contributed by atoms with E-state index >= 15 is 0 Å². The number of Topliss-reactive ketones (excluding diaryl/α,β-unsaturated/α-hetero) is 2. The van der Waals surface area contributed by atoms with Crippen LogP contribution in [0.5, 0.6) is 0 Å². The first kappa shape index (κ1) is 25.9. The van der Waals surface area contributed by atoms with Gasteiger partial charge in [-0.1, -0.05) is 0 Å².